The second-order valence-electron chi connectivity index (χ2n) is 19.2. The largest absolute Gasteiger partial charge is 0.479 e. The Kier molecular flexibility index (Phi) is 45.8. The van der Waals surface area contributed by atoms with Crippen LogP contribution >= 0.6 is 0 Å². The number of ether oxygens (including phenoxy) is 5. The van der Waals surface area contributed by atoms with E-state index < -0.39 is 67.3 Å². The number of carbonyl (C=O) groups excluding carboxylic acids is 3. The number of aliphatic hydroxyl groups excluding tert-OH is 2. The molecule has 1 heterocycles. The van der Waals surface area contributed by atoms with Crippen molar-refractivity contribution in [2.24, 2.45) is 0 Å². The topological polar surface area (TPSA) is 175 Å². The molecule has 1 saturated heterocycles. The highest BCUT2D eigenvalue weighted by molar-refractivity contribution is 5.74. The third kappa shape index (κ3) is 40.3. The van der Waals surface area contributed by atoms with E-state index in [9.17, 15) is 34.5 Å². The summed E-state index contributed by atoms with van der Waals surface area (Å²) in [6.07, 6.45) is 54.9. The van der Waals surface area contributed by atoms with Gasteiger partial charge in [-0.3, -0.25) is 14.4 Å². The van der Waals surface area contributed by atoms with Crippen molar-refractivity contribution in [3.05, 3.63) is 109 Å². The molecule has 0 radical (unpaired) electrons. The Labute approximate surface area is 453 Å². The Morgan fingerprint density at radius 2 is 0.840 bits per heavy atom. The van der Waals surface area contributed by atoms with Crippen LogP contribution < -0.4 is 0 Å². The summed E-state index contributed by atoms with van der Waals surface area (Å²) in [5.74, 6) is -3.21. The van der Waals surface area contributed by atoms with Gasteiger partial charge in [-0.2, -0.15) is 0 Å². The number of hydrogen-bond acceptors (Lipinski definition) is 11. The molecule has 6 unspecified atom stereocenters. The lowest BCUT2D eigenvalue weighted by atomic mass is 9.98. The third-order valence-corrected chi connectivity index (χ3v) is 12.3. The molecule has 12 nitrogen and oxygen atoms in total. The van der Waals surface area contributed by atoms with Gasteiger partial charge in [0.25, 0.3) is 0 Å². The van der Waals surface area contributed by atoms with Crippen molar-refractivity contribution in [1.29, 1.82) is 0 Å². The SMILES string of the molecule is CC/C=C\C/C=C\C/C=C\C/C=C\CCCCCCCCC(=O)OC1C(OCC(COC(=O)CCCCC/C=C\C/C=C\C/C=C\CC)OC(=O)CCCCCCC/C=C\C/C=C\CCC)OC(C(=O)O)C(O)C1O. The van der Waals surface area contributed by atoms with Gasteiger partial charge in [0.2, 0.25) is 0 Å². The van der Waals surface area contributed by atoms with Gasteiger partial charge >= 0.3 is 23.9 Å². The maximum absolute atomic E-state index is 13.1. The maximum Gasteiger partial charge on any atom is 0.335 e. The molecule has 1 aliphatic heterocycles. The molecule has 0 saturated carbocycles. The smallest absolute Gasteiger partial charge is 0.335 e. The lowest BCUT2D eigenvalue weighted by Crippen LogP contribution is -2.61. The van der Waals surface area contributed by atoms with Crippen molar-refractivity contribution >= 4 is 23.9 Å². The van der Waals surface area contributed by atoms with E-state index in [1.165, 1.54) is 0 Å². The molecule has 0 aliphatic carbocycles. The number of esters is 3. The minimum atomic E-state index is -1.92. The fourth-order valence-corrected chi connectivity index (χ4v) is 7.94. The first-order valence-corrected chi connectivity index (χ1v) is 28.9. The van der Waals surface area contributed by atoms with Crippen LogP contribution in [0.5, 0.6) is 0 Å². The Hall–Kier alpha value is -4.62. The van der Waals surface area contributed by atoms with Crippen molar-refractivity contribution in [1.82, 2.24) is 0 Å². The quantitative estimate of drug-likeness (QED) is 0.0228. The second-order valence-corrected chi connectivity index (χ2v) is 19.2. The van der Waals surface area contributed by atoms with Gasteiger partial charge in [0.15, 0.2) is 24.6 Å². The van der Waals surface area contributed by atoms with Crippen LogP contribution in [0.25, 0.3) is 0 Å². The number of rotatable bonds is 47. The van der Waals surface area contributed by atoms with Crippen molar-refractivity contribution < 1.29 is 58.2 Å². The Morgan fingerprint density at radius 1 is 0.453 bits per heavy atom. The molecule has 0 bridgehead atoms. The van der Waals surface area contributed by atoms with Gasteiger partial charge in [-0.05, 0) is 116 Å². The van der Waals surface area contributed by atoms with Crippen LogP contribution in [0.2, 0.25) is 0 Å². The number of hydrogen-bond donors (Lipinski definition) is 3. The average molecular weight is 1050 g/mol. The van der Waals surface area contributed by atoms with Crippen LogP contribution in [0.1, 0.15) is 213 Å². The molecule has 1 fully saturated rings. The molecule has 0 aromatic heterocycles. The predicted molar refractivity (Wildman–Crippen MR) is 303 cm³/mol. The summed E-state index contributed by atoms with van der Waals surface area (Å²) in [5, 5.41) is 31.5. The lowest BCUT2D eigenvalue weighted by Gasteiger charge is -2.40. The summed E-state index contributed by atoms with van der Waals surface area (Å²) >= 11 is 0. The second kappa shape index (κ2) is 50.2. The van der Waals surface area contributed by atoms with Crippen LogP contribution in [0.4, 0.5) is 0 Å². The number of carboxylic acids is 1. The highest BCUT2D eigenvalue weighted by atomic mass is 16.7. The summed E-state index contributed by atoms with van der Waals surface area (Å²) < 4.78 is 28.3. The first-order valence-electron chi connectivity index (χ1n) is 28.9. The third-order valence-electron chi connectivity index (χ3n) is 12.3. The van der Waals surface area contributed by atoms with Crippen LogP contribution in [0, 0.1) is 0 Å². The van der Waals surface area contributed by atoms with E-state index in [-0.39, 0.29) is 25.9 Å². The Balaban J connectivity index is 2.72. The normalized spacial score (nSPS) is 19.0. The fraction of sp³-hybridized carbons (Fsp3) is 0.651. The monoisotopic (exact) mass is 1050 g/mol. The summed E-state index contributed by atoms with van der Waals surface area (Å²) in [5.41, 5.74) is 0. The Bertz CT molecular complexity index is 1720. The molecular weight excluding hydrogens is 949 g/mol. The van der Waals surface area contributed by atoms with Gasteiger partial charge in [0, 0.05) is 19.3 Å². The molecule has 3 N–H and O–H groups in total. The van der Waals surface area contributed by atoms with Crippen LogP contribution in [-0.2, 0) is 42.9 Å². The molecule has 0 aromatic carbocycles. The van der Waals surface area contributed by atoms with E-state index in [0.29, 0.717) is 19.3 Å². The summed E-state index contributed by atoms with van der Waals surface area (Å²) in [6.45, 7) is 5.64. The zero-order valence-corrected chi connectivity index (χ0v) is 46.5. The molecule has 6 atom stereocenters. The first kappa shape index (κ1) is 68.4. The van der Waals surface area contributed by atoms with Crippen LogP contribution in [0.3, 0.4) is 0 Å². The molecule has 0 aromatic rings. The van der Waals surface area contributed by atoms with Gasteiger partial charge < -0.3 is 39.0 Å². The maximum atomic E-state index is 13.1. The molecule has 1 rings (SSSR count). The van der Waals surface area contributed by atoms with Crippen molar-refractivity contribution in [2.45, 2.75) is 250 Å². The van der Waals surface area contributed by atoms with Crippen LogP contribution in [0.15, 0.2) is 109 Å². The molecule has 12 heteroatoms. The van der Waals surface area contributed by atoms with E-state index in [0.717, 1.165) is 154 Å². The average Bonchev–Trinajstić information content (AvgIpc) is 3.39. The first-order chi connectivity index (χ1) is 36.6. The van der Waals surface area contributed by atoms with Gasteiger partial charge in [-0.1, -0.05) is 188 Å². The van der Waals surface area contributed by atoms with Gasteiger partial charge in [-0.15, -0.1) is 0 Å². The lowest BCUT2D eigenvalue weighted by molar-refractivity contribution is -0.301. The van der Waals surface area contributed by atoms with E-state index in [1.54, 1.807) is 0 Å². The summed E-state index contributed by atoms with van der Waals surface area (Å²) in [4.78, 5) is 51.1. The van der Waals surface area contributed by atoms with Gasteiger partial charge in [0.05, 0.1) is 6.61 Å². The van der Waals surface area contributed by atoms with Crippen molar-refractivity contribution in [3.63, 3.8) is 0 Å². The molecule has 424 valence electrons. The predicted octanol–water partition coefficient (Wildman–Crippen LogP) is 14.7. The van der Waals surface area contributed by atoms with Crippen molar-refractivity contribution in [2.75, 3.05) is 13.2 Å². The molecular formula is C63H100O12. The zero-order chi connectivity index (χ0) is 54.7. The zero-order valence-electron chi connectivity index (χ0n) is 46.5. The number of aliphatic carboxylic acids is 1. The van der Waals surface area contributed by atoms with E-state index >= 15 is 0 Å². The van der Waals surface area contributed by atoms with Gasteiger partial charge in [0.1, 0.15) is 18.8 Å². The summed E-state index contributed by atoms with van der Waals surface area (Å²) in [7, 11) is 0. The highest BCUT2D eigenvalue weighted by Gasteiger charge is 2.50. The van der Waals surface area contributed by atoms with E-state index in [2.05, 4.69) is 130 Å². The number of aliphatic hydroxyl groups is 2. The molecule has 1 aliphatic rings. The van der Waals surface area contributed by atoms with Crippen molar-refractivity contribution in [3.8, 4) is 0 Å². The van der Waals surface area contributed by atoms with E-state index in [4.69, 9.17) is 23.7 Å². The molecule has 0 amide bonds. The Morgan fingerprint density at radius 3 is 1.29 bits per heavy atom. The standard InChI is InChI=1S/C63H100O12/c1-4-7-10-13-16-19-22-25-26-27-28-29-30-33-36-39-42-45-48-51-57(66)74-61-59(68)58(67)60(62(69)70)75-63(61)72-53-54(73-56(65)50-47-44-41-38-35-32-24-21-18-15-12-9-6-3)52-71-55(64)49-46-43-40-37-34-31-23-20-17-14-11-8-5-2/h7-8,10-12,15-17,19-21,24-26,28-29,31,34,54,58-61,63,67-68H,4-6,9,13-14,18,22-23,27,30,32-33,35-53H2,1-3H3,(H,69,70)/b10-7-,11-8-,15-12-,19-16-,20-17-,24-21-,26-25-,29-28-,34-31-. The summed E-state index contributed by atoms with van der Waals surface area (Å²) in [6, 6.07) is 0. The number of carbonyl (C=O) groups is 4. The molecule has 75 heavy (non-hydrogen) atoms. The minimum absolute atomic E-state index is 0.0340. The fourth-order valence-electron chi connectivity index (χ4n) is 7.94. The van der Waals surface area contributed by atoms with E-state index in [1.807, 2.05) is 0 Å². The number of allylic oxidation sites excluding steroid dienone is 18. The van der Waals surface area contributed by atoms with Gasteiger partial charge in [-0.25, -0.2) is 4.79 Å². The highest BCUT2D eigenvalue weighted by Crippen LogP contribution is 2.26. The minimum Gasteiger partial charge on any atom is -0.479 e. The number of carboxylic acid groups (broad SMARTS) is 1. The number of unbranched alkanes of at least 4 members (excludes halogenated alkanes) is 15. The molecule has 0 spiro atoms. The van der Waals surface area contributed by atoms with Crippen LogP contribution in [-0.4, -0.2) is 89.2 Å².